The molecule has 0 saturated heterocycles. The van der Waals surface area contributed by atoms with Gasteiger partial charge in [-0.05, 0) is 34.1 Å². The molecule has 1 aromatic heterocycles. The topological polar surface area (TPSA) is 22.1 Å². The molecule has 0 amide bonds. The first-order valence-corrected chi connectivity index (χ1v) is 6.35. The van der Waals surface area contributed by atoms with Crippen LogP contribution >= 0.6 is 43.5 Å². The maximum absolute atomic E-state index is 6.05. The van der Waals surface area contributed by atoms with Gasteiger partial charge in [0.2, 0.25) is 0 Å². The largest absolute Gasteiger partial charge is 0.454 e. The number of hydrogen-bond acceptors (Lipinski definition) is 2. The van der Waals surface area contributed by atoms with Crippen LogP contribution < -0.4 is 4.74 Å². The summed E-state index contributed by atoms with van der Waals surface area (Å²) in [5.74, 6) is 1.29. The summed E-state index contributed by atoms with van der Waals surface area (Å²) in [4.78, 5) is 3.96. The zero-order valence-electron chi connectivity index (χ0n) is 7.95. The van der Waals surface area contributed by atoms with Crippen molar-refractivity contribution in [3.8, 4) is 11.5 Å². The van der Waals surface area contributed by atoms with Gasteiger partial charge in [0, 0.05) is 22.9 Å². The number of benzene rings is 1. The lowest BCUT2D eigenvalue weighted by molar-refractivity contribution is 0.479. The summed E-state index contributed by atoms with van der Waals surface area (Å²) in [5.41, 5.74) is 0. The van der Waals surface area contributed by atoms with E-state index < -0.39 is 0 Å². The molecular formula is C11H6Br2ClNO. The van der Waals surface area contributed by atoms with Crippen molar-refractivity contribution < 1.29 is 4.74 Å². The lowest BCUT2D eigenvalue weighted by Gasteiger charge is -2.08. The van der Waals surface area contributed by atoms with E-state index in [0.29, 0.717) is 16.5 Å². The van der Waals surface area contributed by atoms with Crippen molar-refractivity contribution in [1.82, 2.24) is 4.98 Å². The molecule has 0 bridgehead atoms. The van der Waals surface area contributed by atoms with Gasteiger partial charge in [0.05, 0.1) is 9.50 Å². The van der Waals surface area contributed by atoms with Crippen LogP contribution in [-0.2, 0) is 0 Å². The van der Waals surface area contributed by atoms with Gasteiger partial charge in [-0.25, -0.2) is 0 Å². The fourth-order valence-electron chi connectivity index (χ4n) is 1.12. The van der Waals surface area contributed by atoms with Gasteiger partial charge in [-0.2, -0.15) is 0 Å². The van der Waals surface area contributed by atoms with Crippen LogP contribution in [0.5, 0.6) is 11.5 Å². The number of aromatic nitrogens is 1. The highest BCUT2D eigenvalue weighted by molar-refractivity contribution is 9.10. The van der Waals surface area contributed by atoms with E-state index in [4.69, 9.17) is 16.3 Å². The molecule has 1 heterocycles. The third kappa shape index (κ3) is 2.75. The molecule has 16 heavy (non-hydrogen) atoms. The van der Waals surface area contributed by atoms with E-state index in [-0.39, 0.29) is 0 Å². The van der Waals surface area contributed by atoms with Crippen LogP contribution in [0.15, 0.2) is 45.6 Å². The van der Waals surface area contributed by atoms with Crippen LogP contribution in [0.4, 0.5) is 0 Å². The van der Waals surface area contributed by atoms with Crippen LogP contribution in [0, 0.1) is 0 Å². The van der Waals surface area contributed by atoms with E-state index in [9.17, 15) is 0 Å². The third-order valence-electron chi connectivity index (χ3n) is 1.85. The molecule has 5 heteroatoms. The molecule has 2 aromatic rings. The molecule has 2 rings (SSSR count). The Bertz CT molecular complexity index is 519. The summed E-state index contributed by atoms with van der Waals surface area (Å²) in [7, 11) is 0. The molecule has 82 valence electrons. The van der Waals surface area contributed by atoms with Crippen molar-refractivity contribution in [2.45, 2.75) is 0 Å². The molecule has 0 radical (unpaired) electrons. The highest BCUT2D eigenvalue weighted by Gasteiger charge is 2.06. The van der Waals surface area contributed by atoms with Gasteiger partial charge < -0.3 is 4.74 Å². The van der Waals surface area contributed by atoms with E-state index in [1.165, 1.54) is 0 Å². The Balaban J connectivity index is 2.31. The van der Waals surface area contributed by atoms with Crippen molar-refractivity contribution in [3.63, 3.8) is 0 Å². The van der Waals surface area contributed by atoms with Crippen molar-refractivity contribution in [1.29, 1.82) is 0 Å². The van der Waals surface area contributed by atoms with Crippen molar-refractivity contribution in [2.24, 2.45) is 0 Å². The van der Waals surface area contributed by atoms with Crippen LogP contribution in [-0.4, -0.2) is 4.98 Å². The fraction of sp³-hybridized carbons (Fsp3) is 0. The summed E-state index contributed by atoms with van der Waals surface area (Å²) in [6.45, 7) is 0. The Morgan fingerprint density at radius 1 is 1.12 bits per heavy atom. The van der Waals surface area contributed by atoms with Crippen molar-refractivity contribution >= 4 is 43.5 Å². The van der Waals surface area contributed by atoms with Crippen LogP contribution in [0.1, 0.15) is 0 Å². The molecule has 0 saturated carbocycles. The minimum Gasteiger partial charge on any atom is -0.454 e. The number of ether oxygens (including phenoxy) is 1. The molecule has 0 atom stereocenters. The summed E-state index contributed by atoms with van der Waals surface area (Å²) in [6.07, 6.45) is 3.33. The number of rotatable bonds is 2. The van der Waals surface area contributed by atoms with Gasteiger partial charge in [0.15, 0.2) is 0 Å². The molecule has 0 aliphatic heterocycles. The van der Waals surface area contributed by atoms with E-state index in [1.54, 1.807) is 30.6 Å². The van der Waals surface area contributed by atoms with Crippen LogP contribution in [0.2, 0.25) is 5.02 Å². The minimum atomic E-state index is 0.554. The zero-order valence-corrected chi connectivity index (χ0v) is 11.9. The summed E-state index contributed by atoms with van der Waals surface area (Å²) in [6, 6.07) is 7.23. The van der Waals surface area contributed by atoms with Crippen molar-refractivity contribution in [2.75, 3.05) is 0 Å². The van der Waals surface area contributed by atoms with Crippen LogP contribution in [0.3, 0.4) is 0 Å². The molecule has 0 fully saturated rings. The molecule has 0 N–H and O–H groups in total. The second-order valence-corrected chi connectivity index (χ2v) is 5.16. The SMILES string of the molecule is Clc1cc(Br)ccc1Oc1ccncc1Br. The fourth-order valence-corrected chi connectivity index (χ4v) is 2.16. The third-order valence-corrected chi connectivity index (χ3v) is 3.23. The normalized spacial score (nSPS) is 10.2. The van der Waals surface area contributed by atoms with Gasteiger partial charge in [-0.1, -0.05) is 27.5 Å². The lowest BCUT2D eigenvalue weighted by Crippen LogP contribution is -1.87. The Morgan fingerprint density at radius 2 is 1.94 bits per heavy atom. The highest BCUT2D eigenvalue weighted by atomic mass is 79.9. The van der Waals surface area contributed by atoms with E-state index in [2.05, 4.69) is 36.8 Å². The predicted molar refractivity (Wildman–Crippen MR) is 71.2 cm³/mol. The Morgan fingerprint density at radius 3 is 2.62 bits per heavy atom. The lowest BCUT2D eigenvalue weighted by atomic mass is 10.3. The molecule has 0 spiro atoms. The van der Waals surface area contributed by atoms with Crippen LogP contribution in [0.25, 0.3) is 0 Å². The molecule has 0 unspecified atom stereocenters. The number of hydrogen-bond donors (Lipinski definition) is 0. The zero-order chi connectivity index (χ0) is 11.5. The van der Waals surface area contributed by atoms with Gasteiger partial charge in [0.1, 0.15) is 11.5 Å². The quantitative estimate of drug-likeness (QED) is 0.745. The number of halogens is 3. The molecular weight excluding hydrogens is 357 g/mol. The Kier molecular flexibility index (Phi) is 3.84. The van der Waals surface area contributed by atoms with E-state index in [1.807, 2.05) is 6.07 Å². The smallest absolute Gasteiger partial charge is 0.146 e. The molecule has 1 aromatic carbocycles. The maximum Gasteiger partial charge on any atom is 0.146 e. The number of nitrogens with zero attached hydrogens (tertiary/aromatic N) is 1. The van der Waals surface area contributed by atoms with Gasteiger partial charge in [-0.3, -0.25) is 4.98 Å². The van der Waals surface area contributed by atoms with Gasteiger partial charge in [0.25, 0.3) is 0 Å². The average molecular weight is 363 g/mol. The standard InChI is InChI=1S/C11H6Br2ClNO/c12-7-1-2-11(9(14)5-7)16-10-3-4-15-6-8(10)13/h1-6H. The second kappa shape index (κ2) is 5.17. The first kappa shape index (κ1) is 11.9. The maximum atomic E-state index is 6.05. The van der Waals surface area contributed by atoms with Crippen molar-refractivity contribution in [3.05, 3.63) is 50.6 Å². The second-order valence-electron chi connectivity index (χ2n) is 2.98. The Hall–Kier alpha value is -0.580. The first-order chi connectivity index (χ1) is 7.66. The summed E-state index contributed by atoms with van der Waals surface area (Å²) in [5, 5.41) is 0.554. The van der Waals surface area contributed by atoms with E-state index >= 15 is 0 Å². The minimum absolute atomic E-state index is 0.554. The first-order valence-electron chi connectivity index (χ1n) is 4.39. The van der Waals surface area contributed by atoms with E-state index in [0.717, 1.165) is 8.95 Å². The molecule has 2 nitrogen and oxygen atoms in total. The molecule has 0 aliphatic rings. The molecule has 0 aliphatic carbocycles. The predicted octanol–water partition coefficient (Wildman–Crippen LogP) is 5.05. The van der Waals surface area contributed by atoms with Gasteiger partial charge in [-0.15, -0.1) is 0 Å². The number of pyridine rings is 1. The van der Waals surface area contributed by atoms with Gasteiger partial charge >= 0.3 is 0 Å². The Labute approximate surface area is 115 Å². The average Bonchev–Trinajstić information content (AvgIpc) is 2.25. The summed E-state index contributed by atoms with van der Waals surface area (Å²) < 4.78 is 7.36. The summed E-state index contributed by atoms with van der Waals surface area (Å²) >= 11 is 12.7. The monoisotopic (exact) mass is 361 g/mol. The highest BCUT2D eigenvalue weighted by Crippen LogP contribution is 2.34.